The number of anilines is 1. The zero-order valence-corrected chi connectivity index (χ0v) is 13.4. The molecule has 1 aromatic rings. The molecule has 1 aromatic carbocycles. The molecule has 1 fully saturated rings. The van der Waals surface area contributed by atoms with Gasteiger partial charge in [0.05, 0.1) is 12.1 Å². The van der Waals surface area contributed by atoms with Crippen LogP contribution in [-0.2, 0) is 4.79 Å². The molecule has 0 radical (unpaired) electrons. The molecular formula is C14H18ClN3O2S. The Morgan fingerprint density at radius 2 is 2.33 bits per heavy atom. The highest BCUT2D eigenvalue weighted by Crippen LogP contribution is 2.27. The van der Waals surface area contributed by atoms with Crippen molar-refractivity contribution in [2.75, 3.05) is 32.1 Å². The van der Waals surface area contributed by atoms with Crippen molar-refractivity contribution < 1.29 is 9.53 Å². The van der Waals surface area contributed by atoms with Crippen molar-refractivity contribution in [1.29, 1.82) is 0 Å². The van der Waals surface area contributed by atoms with Gasteiger partial charge in [-0.1, -0.05) is 11.6 Å². The van der Waals surface area contributed by atoms with Crippen LogP contribution in [-0.4, -0.2) is 42.7 Å². The standard InChI is InChI=1S/C14H18ClN3O2S/c1-20-12-5-4-10(9-11(12)15)17-14(21)16-6-8-18-7-2-3-13(18)19/h4-5,9H,2-3,6-8H2,1H3,(H2,16,17,21). The van der Waals surface area contributed by atoms with Crippen LogP contribution in [0.3, 0.4) is 0 Å². The molecule has 1 saturated heterocycles. The fourth-order valence-corrected chi connectivity index (χ4v) is 2.64. The lowest BCUT2D eigenvalue weighted by molar-refractivity contribution is -0.127. The van der Waals surface area contributed by atoms with E-state index in [9.17, 15) is 4.79 Å². The van der Waals surface area contributed by atoms with E-state index in [1.807, 2.05) is 11.0 Å². The Kier molecular flexibility index (Phi) is 5.64. The van der Waals surface area contributed by atoms with Gasteiger partial charge in [0.1, 0.15) is 5.75 Å². The first-order valence-corrected chi connectivity index (χ1v) is 7.55. The second-order valence-corrected chi connectivity index (χ2v) is 5.53. The second kappa shape index (κ2) is 7.47. The van der Waals surface area contributed by atoms with Crippen LogP contribution in [0.4, 0.5) is 5.69 Å². The van der Waals surface area contributed by atoms with Crippen LogP contribution in [0.5, 0.6) is 5.75 Å². The maximum atomic E-state index is 11.5. The monoisotopic (exact) mass is 327 g/mol. The highest BCUT2D eigenvalue weighted by Gasteiger charge is 2.19. The van der Waals surface area contributed by atoms with Crippen molar-refractivity contribution in [3.8, 4) is 5.75 Å². The van der Waals surface area contributed by atoms with Crippen molar-refractivity contribution in [2.45, 2.75) is 12.8 Å². The van der Waals surface area contributed by atoms with E-state index < -0.39 is 0 Å². The Labute approximate surface area is 134 Å². The Morgan fingerprint density at radius 1 is 1.52 bits per heavy atom. The van der Waals surface area contributed by atoms with E-state index in [4.69, 9.17) is 28.6 Å². The fraction of sp³-hybridized carbons (Fsp3) is 0.429. The summed E-state index contributed by atoms with van der Waals surface area (Å²) >= 11 is 11.3. The summed E-state index contributed by atoms with van der Waals surface area (Å²) in [7, 11) is 1.57. The maximum Gasteiger partial charge on any atom is 0.222 e. The fourth-order valence-electron chi connectivity index (χ4n) is 2.16. The summed E-state index contributed by atoms with van der Waals surface area (Å²) in [6.07, 6.45) is 1.61. The molecule has 0 atom stereocenters. The molecule has 1 aliphatic heterocycles. The summed E-state index contributed by atoms with van der Waals surface area (Å²) in [5.41, 5.74) is 0.788. The molecular weight excluding hydrogens is 310 g/mol. The molecule has 1 aliphatic rings. The van der Waals surface area contributed by atoms with E-state index in [0.717, 1.165) is 18.7 Å². The average Bonchev–Trinajstić information content (AvgIpc) is 2.85. The highest BCUT2D eigenvalue weighted by atomic mass is 35.5. The van der Waals surface area contributed by atoms with Gasteiger partial charge in [-0.3, -0.25) is 4.79 Å². The highest BCUT2D eigenvalue weighted by molar-refractivity contribution is 7.80. The van der Waals surface area contributed by atoms with Gasteiger partial charge in [-0.25, -0.2) is 0 Å². The first-order chi connectivity index (χ1) is 10.1. The number of hydrogen-bond acceptors (Lipinski definition) is 3. The third-order valence-corrected chi connectivity index (χ3v) is 3.79. The SMILES string of the molecule is COc1ccc(NC(=S)NCCN2CCCC2=O)cc1Cl. The summed E-state index contributed by atoms with van der Waals surface area (Å²) in [5, 5.41) is 7.15. The quantitative estimate of drug-likeness (QED) is 0.812. The molecule has 114 valence electrons. The van der Waals surface area contributed by atoms with Crippen molar-refractivity contribution in [3.63, 3.8) is 0 Å². The van der Waals surface area contributed by atoms with Crippen LogP contribution < -0.4 is 15.4 Å². The third kappa shape index (κ3) is 4.47. The van der Waals surface area contributed by atoms with Crippen LogP contribution in [0.25, 0.3) is 0 Å². The van der Waals surface area contributed by atoms with Crippen LogP contribution in [0, 0.1) is 0 Å². The largest absolute Gasteiger partial charge is 0.495 e. The zero-order valence-electron chi connectivity index (χ0n) is 11.8. The van der Waals surface area contributed by atoms with Crippen molar-refractivity contribution >= 4 is 40.5 Å². The van der Waals surface area contributed by atoms with E-state index in [0.29, 0.717) is 35.4 Å². The molecule has 21 heavy (non-hydrogen) atoms. The van der Waals surface area contributed by atoms with Gasteiger partial charge >= 0.3 is 0 Å². The Balaban J connectivity index is 1.76. The van der Waals surface area contributed by atoms with Gasteiger partial charge in [0.25, 0.3) is 0 Å². The third-order valence-electron chi connectivity index (χ3n) is 3.25. The lowest BCUT2D eigenvalue weighted by atomic mass is 10.3. The predicted octanol–water partition coefficient (Wildman–Crippen LogP) is 2.26. The number of methoxy groups -OCH3 is 1. The summed E-state index contributed by atoms with van der Waals surface area (Å²) in [6, 6.07) is 5.36. The zero-order chi connectivity index (χ0) is 15.2. The molecule has 2 N–H and O–H groups in total. The number of nitrogens with one attached hydrogen (secondary N) is 2. The lowest BCUT2D eigenvalue weighted by Gasteiger charge is -2.17. The summed E-state index contributed by atoms with van der Waals surface area (Å²) in [4.78, 5) is 13.3. The first kappa shape index (κ1) is 15.9. The van der Waals surface area contributed by atoms with Gasteiger partial charge in [-0.05, 0) is 36.8 Å². The molecule has 7 heteroatoms. The molecule has 0 aliphatic carbocycles. The number of hydrogen-bond donors (Lipinski definition) is 2. The molecule has 1 heterocycles. The maximum absolute atomic E-state index is 11.5. The number of likely N-dealkylation sites (tertiary alicyclic amines) is 1. The number of benzene rings is 1. The minimum absolute atomic E-state index is 0.220. The first-order valence-electron chi connectivity index (χ1n) is 6.76. The van der Waals surface area contributed by atoms with E-state index >= 15 is 0 Å². The number of carbonyl (C=O) groups is 1. The van der Waals surface area contributed by atoms with Crippen LogP contribution in [0.1, 0.15) is 12.8 Å². The number of ether oxygens (including phenoxy) is 1. The molecule has 5 nitrogen and oxygen atoms in total. The molecule has 0 bridgehead atoms. The van der Waals surface area contributed by atoms with Crippen LogP contribution in [0.15, 0.2) is 18.2 Å². The number of amides is 1. The molecule has 0 aromatic heterocycles. The number of carbonyl (C=O) groups excluding carboxylic acids is 1. The minimum Gasteiger partial charge on any atom is -0.495 e. The summed E-state index contributed by atoms with van der Waals surface area (Å²) in [5.74, 6) is 0.839. The second-order valence-electron chi connectivity index (χ2n) is 4.71. The molecule has 2 rings (SSSR count). The number of halogens is 1. The van der Waals surface area contributed by atoms with Crippen LogP contribution >= 0.6 is 23.8 Å². The number of nitrogens with zero attached hydrogens (tertiary/aromatic N) is 1. The Bertz CT molecular complexity index is 539. The van der Waals surface area contributed by atoms with E-state index in [2.05, 4.69) is 10.6 Å². The Hall–Kier alpha value is -1.53. The molecule has 1 amide bonds. The minimum atomic E-state index is 0.220. The predicted molar refractivity (Wildman–Crippen MR) is 88.0 cm³/mol. The molecule has 0 spiro atoms. The van der Waals surface area contributed by atoms with E-state index in [-0.39, 0.29) is 5.91 Å². The van der Waals surface area contributed by atoms with Crippen molar-refractivity contribution in [2.24, 2.45) is 0 Å². The summed E-state index contributed by atoms with van der Waals surface area (Å²) < 4.78 is 5.09. The molecule has 0 unspecified atom stereocenters. The lowest BCUT2D eigenvalue weighted by Crippen LogP contribution is -2.37. The normalized spacial score (nSPS) is 14.2. The van der Waals surface area contributed by atoms with Gasteiger partial charge in [-0.15, -0.1) is 0 Å². The Morgan fingerprint density at radius 3 is 2.95 bits per heavy atom. The number of thiocarbonyl (C=S) groups is 1. The van der Waals surface area contributed by atoms with Crippen LogP contribution in [0.2, 0.25) is 5.02 Å². The van der Waals surface area contributed by atoms with Gasteiger partial charge in [0, 0.05) is 31.7 Å². The van der Waals surface area contributed by atoms with Gasteiger partial charge < -0.3 is 20.3 Å². The van der Waals surface area contributed by atoms with Gasteiger partial charge in [0.15, 0.2) is 5.11 Å². The van der Waals surface area contributed by atoms with Crippen molar-refractivity contribution in [1.82, 2.24) is 10.2 Å². The average molecular weight is 328 g/mol. The topological polar surface area (TPSA) is 53.6 Å². The smallest absolute Gasteiger partial charge is 0.222 e. The summed E-state index contributed by atoms with van der Waals surface area (Å²) in [6.45, 7) is 2.14. The number of rotatable bonds is 5. The van der Waals surface area contributed by atoms with Gasteiger partial charge in [0.2, 0.25) is 5.91 Å². The van der Waals surface area contributed by atoms with E-state index in [1.165, 1.54) is 0 Å². The van der Waals surface area contributed by atoms with E-state index in [1.54, 1.807) is 19.2 Å². The molecule has 0 saturated carbocycles. The van der Waals surface area contributed by atoms with Crippen molar-refractivity contribution in [3.05, 3.63) is 23.2 Å². The van der Waals surface area contributed by atoms with Gasteiger partial charge in [-0.2, -0.15) is 0 Å².